The minimum absolute atomic E-state index is 0.0506. The number of benzene rings is 1. The van der Waals surface area contributed by atoms with Gasteiger partial charge in [-0.05, 0) is 18.2 Å². The van der Waals surface area contributed by atoms with Gasteiger partial charge in [0.2, 0.25) is 5.95 Å². The Bertz CT molecular complexity index is 634. The van der Waals surface area contributed by atoms with E-state index in [1.54, 1.807) is 13.1 Å². The van der Waals surface area contributed by atoms with Crippen LogP contribution in [-0.2, 0) is 0 Å². The van der Waals surface area contributed by atoms with Crippen molar-refractivity contribution in [2.24, 2.45) is 0 Å². The first kappa shape index (κ1) is 11.9. The fourth-order valence-corrected chi connectivity index (χ4v) is 1.48. The normalized spacial score (nSPS) is 9.89. The van der Waals surface area contributed by atoms with E-state index in [4.69, 9.17) is 5.26 Å². The molecule has 6 heteroatoms. The van der Waals surface area contributed by atoms with E-state index in [0.717, 1.165) is 18.3 Å². The molecular formula is C12H8F2N4. The second-order valence-electron chi connectivity index (χ2n) is 3.48. The molecule has 0 unspecified atom stereocenters. The van der Waals surface area contributed by atoms with E-state index >= 15 is 0 Å². The number of halogens is 2. The minimum Gasteiger partial charge on any atom is -0.357 e. The molecule has 2 aromatic rings. The molecule has 0 fully saturated rings. The summed E-state index contributed by atoms with van der Waals surface area (Å²) in [6, 6.07) is 5.36. The van der Waals surface area contributed by atoms with Crippen LogP contribution in [0.25, 0.3) is 11.3 Å². The van der Waals surface area contributed by atoms with Gasteiger partial charge >= 0.3 is 0 Å². The summed E-state index contributed by atoms with van der Waals surface area (Å²) >= 11 is 0. The highest BCUT2D eigenvalue weighted by atomic mass is 19.1. The Morgan fingerprint density at radius 1 is 1.28 bits per heavy atom. The Kier molecular flexibility index (Phi) is 3.15. The van der Waals surface area contributed by atoms with Crippen LogP contribution >= 0.6 is 0 Å². The molecule has 0 radical (unpaired) electrons. The smallest absolute Gasteiger partial charge is 0.223 e. The quantitative estimate of drug-likeness (QED) is 0.883. The van der Waals surface area contributed by atoms with Crippen molar-refractivity contribution in [3.8, 4) is 17.3 Å². The van der Waals surface area contributed by atoms with Crippen LogP contribution in [0.4, 0.5) is 14.7 Å². The van der Waals surface area contributed by atoms with Gasteiger partial charge in [0.15, 0.2) is 5.82 Å². The molecule has 1 aromatic carbocycles. The van der Waals surface area contributed by atoms with Crippen molar-refractivity contribution in [3.05, 3.63) is 41.6 Å². The molecule has 0 amide bonds. The molecule has 4 nitrogen and oxygen atoms in total. The van der Waals surface area contributed by atoms with Gasteiger partial charge in [0, 0.05) is 12.6 Å². The van der Waals surface area contributed by atoms with E-state index < -0.39 is 11.6 Å². The first-order valence-corrected chi connectivity index (χ1v) is 5.05. The zero-order chi connectivity index (χ0) is 13.1. The van der Waals surface area contributed by atoms with Crippen LogP contribution in [0, 0.1) is 23.0 Å². The van der Waals surface area contributed by atoms with Gasteiger partial charge in [-0.1, -0.05) is 0 Å². The van der Waals surface area contributed by atoms with Gasteiger partial charge in [-0.3, -0.25) is 0 Å². The summed E-state index contributed by atoms with van der Waals surface area (Å²) in [5.74, 6) is -1.08. The predicted octanol–water partition coefficient (Wildman–Crippen LogP) is 2.34. The summed E-state index contributed by atoms with van der Waals surface area (Å²) in [5, 5.41) is 11.4. The molecule has 0 aliphatic carbocycles. The van der Waals surface area contributed by atoms with Crippen LogP contribution in [0.2, 0.25) is 0 Å². The molecular weight excluding hydrogens is 238 g/mol. The topological polar surface area (TPSA) is 61.6 Å². The Balaban J connectivity index is 2.61. The zero-order valence-electron chi connectivity index (χ0n) is 9.41. The van der Waals surface area contributed by atoms with Crippen molar-refractivity contribution in [1.29, 1.82) is 5.26 Å². The summed E-state index contributed by atoms with van der Waals surface area (Å²) in [5.41, 5.74) is 0.252. The van der Waals surface area contributed by atoms with E-state index in [1.165, 1.54) is 6.07 Å². The molecule has 18 heavy (non-hydrogen) atoms. The van der Waals surface area contributed by atoms with Gasteiger partial charge < -0.3 is 5.32 Å². The van der Waals surface area contributed by atoms with Crippen LogP contribution in [-0.4, -0.2) is 17.0 Å². The monoisotopic (exact) mass is 246 g/mol. The lowest BCUT2D eigenvalue weighted by atomic mass is 10.1. The molecule has 0 atom stereocenters. The minimum atomic E-state index is -0.677. The molecule has 1 aromatic heterocycles. The number of anilines is 1. The second-order valence-corrected chi connectivity index (χ2v) is 3.48. The van der Waals surface area contributed by atoms with Crippen LogP contribution in [0.1, 0.15) is 5.56 Å². The number of hydrogen-bond donors (Lipinski definition) is 1. The lowest BCUT2D eigenvalue weighted by Gasteiger charge is -2.05. The number of rotatable bonds is 2. The van der Waals surface area contributed by atoms with Crippen LogP contribution < -0.4 is 5.32 Å². The Morgan fingerprint density at radius 2 is 2.06 bits per heavy atom. The van der Waals surface area contributed by atoms with Crippen molar-refractivity contribution in [2.75, 3.05) is 12.4 Å². The first-order chi connectivity index (χ1) is 8.63. The molecule has 1 heterocycles. The summed E-state index contributed by atoms with van der Waals surface area (Å²) in [6.45, 7) is 0. The number of nitriles is 1. The molecule has 0 saturated heterocycles. The van der Waals surface area contributed by atoms with Crippen molar-refractivity contribution in [2.45, 2.75) is 0 Å². The number of nitrogens with one attached hydrogen (secondary N) is 1. The summed E-state index contributed by atoms with van der Waals surface area (Å²) in [7, 11) is 1.59. The van der Waals surface area contributed by atoms with Gasteiger partial charge in [0.1, 0.15) is 11.5 Å². The SMILES string of the molecule is CNc1ncc(F)c(-c2cc(F)cc(C#N)c2)n1. The molecule has 1 N–H and O–H groups in total. The van der Waals surface area contributed by atoms with E-state index in [-0.39, 0.29) is 22.8 Å². The third-order valence-electron chi connectivity index (χ3n) is 2.27. The zero-order valence-corrected chi connectivity index (χ0v) is 9.41. The molecule has 0 aliphatic heterocycles. The standard InChI is InChI=1S/C12H8F2N4/c1-16-12-17-6-10(14)11(18-12)8-2-7(5-15)3-9(13)4-8/h2-4,6H,1H3,(H,16,17,18). The fraction of sp³-hybridized carbons (Fsp3) is 0.0833. The molecule has 0 bridgehead atoms. The molecule has 0 aliphatic rings. The second kappa shape index (κ2) is 4.75. The fourth-order valence-electron chi connectivity index (χ4n) is 1.48. The summed E-state index contributed by atoms with van der Waals surface area (Å²) < 4.78 is 26.9. The predicted molar refractivity (Wildman–Crippen MR) is 61.6 cm³/mol. The van der Waals surface area contributed by atoms with Gasteiger partial charge in [0.25, 0.3) is 0 Å². The maximum absolute atomic E-state index is 13.6. The van der Waals surface area contributed by atoms with E-state index in [0.29, 0.717) is 0 Å². The molecule has 0 spiro atoms. The largest absolute Gasteiger partial charge is 0.357 e. The molecule has 90 valence electrons. The highest BCUT2D eigenvalue weighted by molar-refractivity contribution is 5.63. The summed E-state index contributed by atoms with van der Waals surface area (Å²) in [6.07, 6.45) is 0.991. The van der Waals surface area contributed by atoms with Gasteiger partial charge in [-0.25, -0.2) is 18.7 Å². The average molecular weight is 246 g/mol. The Labute approximate surface area is 102 Å². The Hall–Kier alpha value is -2.55. The number of aromatic nitrogens is 2. The lowest BCUT2D eigenvalue weighted by molar-refractivity contribution is 0.616. The van der Waals surface area contributed by atoms with Crippen molar-refractivity contribution < 1.29 is 8.78 Å². The van der Waals surface area contributed by atoms with Crippen molar-refractivity contribution in [1.82, 2.24) is 9.97 Å². The van der Waals surface area contributed by atoms with Gasteiger partial charge in [0.05, 0.1) is 17.8 Å². The first-order valence-electron chi connectivity index (χ1n) is 5.05. The molecule has 2 rings (SSSR count). The lowest BCUT2D eigenvalue weighted by Crippen LogP contribution is -2.00. The average Bonchev–Trinajstić information content (AvgIpc) is 2.38. The summed E-state index contributed by atoms with van der Waals surface area (Å²) in [4.78, 5) is 7.60. The van der Waals surface area contributed by atoms with E-state index in [2.05, 4.69) is 15.3 Å². The van der Waals surface area contributed by atoms with Crippen LogP contribution in [0.3, 0.4) is 0 Å². The third kappa shape index (κ3) is 2.25. The third-order valence-corrected chi connectivity index (χ3v) is 2.27. The number of nitrogens with zero attached hydrogens (tertiary/aromatic N) is 3. The Morgan fingerprint density at radius 3 is 2.72 bits per heavy atom. The van der Waals surface area contributed by atoms with Gasteiger partial charge in [-0.15, -0.1) is 0 Å². The highest BCUT2D eigenvalue weighted by Crippen LogP contribution is 2.23. The maximum Gasteiger partial charge on any atom is 0.223 e. The van der Waals surface area contributed by atoms with Crippen molar-refractivity contribution >= 4 is 5.95 Å². The van der Waals surface area contributed by atoms with E-state index in [9.17, 15) is 8.78 Å². The van der Waals surface area contributed by atoms with Crippen molar-refractivity contribution in [3.63, 3.8) is 0 Å². The van der Waals surface area contributed by atoms with Crippen LogP contribution in [0.15, 0.2) is 24.4 Å². The maximum atomic E-state index is 13.6. The van der Waals surface area contributed by atoms with Gasteiger partial charge in [-0.2, -0.15) is 5.26 Å². The van der Waals surface area contributed by atoms with Crippen LogP contribution in [0.5, 0.6) is 0 Å². The number of hydrogen-bond acceptors (Lipinski definition) is 4. The molecule has 0 saturated carbocycles. The van der Waals surface area contributed by atoms with E-state index in [1.807, 2.05) is 0 Å². The highest BCUT2D eigenvalue weighted by Gasteiger charge is 2.11.